The fourth-order valence-electron chi connectivity index (χ4n) is 3.13. The molecule has 1 amide bonds. The van der Waals surface area contributed by atoms with E-state index in [0.717, 1.165) is 10.9 Å². The lowest BCUT2D eigenvalue weighted by molar-refractivity contribution is -0.121. The number of H-pyrrole nitrogens is 1. The molecule has 0 atom stereocenters. The molecule has 3 aromatic rings. The molecule has 4 rings (SSSR count). The molecule has 0 saturated carbocycles. The van der Waals surface area contributed by atoms with E-state index in [1.165, 1.54) is 0 Å². The van der Waals surface area contributed by atoms with Crippen LogP contribution in [0.5, 0.6) is 17.2 Å². The summed E-state index contributed by atoms with van der Waals surface area (Å²) in [5.41, 5.74) is 2.02. The van der Waals surface area contributed by atoms with Gasteiger partial charge in [-0.2, -0.15) is 0 Å². The van der Waals surface area contributed by atoms with Gasteiger partial charge in [0, 0.05) is 24.6 Å². The first-order valence-electron chi connectivity index (χ1n) is 8.97. The van der Waals surface area contributed by atoms with Gasteiger partial charge in [0.1, 0.15) is 5.75 Å². The van der Waals surface area contributed by atoms with Gasteiger partial charge in [-0.3, -0.25) is 9.59 Å². The summed E-state index contributed by atoms with van der Waals surface area (Å²) < 4.78 is 15.8. The van der Waals surface area contributed by atoms with Crippen molar-refractivity contribution in [3.8, 4) is 17.2 Å². The van der Waals surface area contributed by atoms with E-state index in [2.05, 4.69) is 10.3 Å². The number of aromatic amines is 1. The zero-order chi connectivity index (χ0) is 19.5. The van der Waals surface area contributed by atoms with Gasteiger partial charge in [0.25, 0.3) is 5.56 Å². The van der Waals surface area contributed by atoms with Crippen molar-refractivity contribution in [1.82, 2.24) is 10.3 Å². The normalized spacial score (nSPS) is 12.2. The molecule has 0 fully saturated rings. The van der Waals surface area contributed by atoms with E-state index >= 15 is 0 Å². The van der Waals surface area contributed by atoms with Crippen molar-refractivity contribution >= 4 is 16.8 Å². The number of nitrogens with one attached hydrogen (secondary N) is 2. The van der Waals surface area contributed by atoms with Crippen LogP contribution >= 0.6 is 0 Å². The van der Waals surface area contributed by atoms with E-state index in [9.17, 15) is 9.59 Å². The van der Waals surface area contributed by atoms with Gasteiger partial charge in [-0.1, -0.05) is 6.07 Å². The van der Waals surface area contributed by atoms with E-state index in [1.807, 2.05) is 36.4 Å². The Hall–Kier alpha value is -3.48. The van der Waals surface area contributed by atoms with Gasteiger partial charge >= 0.3 is 0 Å². The lowest BCUT2D eigenvalue weighted by Gasteiger charge is -2.07. The molecular formula is C21H20N2O5. The number of rotatable bonds is 6. The summed E-state index contributed by atoms with van der Waals surface area (Å²) in [6.45, 7) is 0.613. The number of hydrogen-bond acceptors (Lipinski definition) is 5. The number of fused-ring (bicyclic) bond motifs is 2. The Balaban J connectivity index is 1.36. The third-order valence-electron chi connectivity index (χ3n) is 4.68. The van der Waals surface area contributed by atoms with Crippen molar-refractivity contribution in [1.29, 1.82) is 0 Å². The van der Waals surface area contributed by atoms with Crippen LogP contribution in [-0.4, -0.2) is 24.8 Å². The first-order valence-corrected chi connectivity index (χ1v) is 8.97. The van der Waals surface area contributed by atoms with Crippen LogP contribution in [0.4, 0.5) is 0 Å². The molecule has 0 aliphatic carbocycles. The number of carbonyl (C=O) groups excluding carboxylic acids is 1. The fraction of sp³-hybridized carbons (Fsp3) is 0.238. The second kappa shape index (κ2) is 7.64. The monoisotopic (exact) mass is 380 g/mol. The van der Waals surface area contributed by atoms with Crippen molar-refractivity contribution in [2.45, 2.75) is 19.4 Å². The zero-order valence-electron chi connectivity index (χ0n) is 15.4. The van der Waals surface area contributed by atoms with Crippen molar-refractivity contribution in [3.63, 3.8) is 0 Å². The summed E-state index contributed by atoms with van der Waals surface area (Å²) in [7, 11) is 1.58. The largest absolute Gasteiger partial charge is 0.497 e. The molecule has 2 heterocycles. The molecule has 0 spiro atoms. The molecule has 28 heavy (non-hydrogen) atoms. The van der Waals surface area contributed by atoms with E-state index < -0.39 is 0 Å². The predicted octanol–water partition coefficient (Wildman–Crippen LogP) is 2.51. The molecule has 7 nitrogen and oxygen atoms in total. The molecule has 144 valence electrons. The van der Waals surface area contributed by atoms with Gasteiger partial charge in [-0.15, -0.1) is 0 Å². The minimum atomic E-state index is -0.190. The van der Waals surface area contributed by atoms with Gasteiger partial charge < -0.3 is 24.5 Å². The number of benzene rings is 2. The first-order chi connectivity index (χ1) is 13.6. The lowest BCUT2D eigenvalue weighted by Crippen LogP contribution is -2.24. The minimum Gasteiger partial charge on any atom is -0.497 e. The Bertz CT molecular complexity index is 1090. The maximum Gasteiger partial charge on any atom is 0.251 e. The van der Waals surface area contributed by atoms with Crippen LogP contribution in [0.3, 0.4) is 0 Å². The smallest absolute Gasteiger partial charge is 0.251 e. The van der Waals surface area contributed by atoms with Crippen molar-refractivity contribution in [3.05, 3.63) is 63.9 Å². The van der Waals surface area contributed by atoms with Gasteiger partial charge in [0.2, 0.25) is 12.7 Å². The van der Waals surface area contributed by atoms with Crippen LogP contribution < -0.4 is 25.1 Å². The maximum absolute atomic E-state index is 12.3. The van der Waals surface area contributed by atoms with Crippen molar-refractivity contribution in [2.75, 3.05) is 13.9 Å². The SMILES string of the molecule is COc1ccc2cc(CCC(=O)NCc3ccc4c(c3)OCO4)c(=O)[nH]c2c1. The van der Waals surface area contributed by atoms with E-state index in [0.29, 0.717) is 41.3 Å². The summed E-state index contributed by atoms with van der Waals surface area (Å²) in [6.07, 6.45) is 0.597. The van der Waals surface area contributed by atoms with Crippen LogP contribution in [0.2, 0.25) is 0 Å². The number of hydrogen-bond donors (Lipinski definition) is 2. The zero-order valence-corrected chi connectivity index (χ0v) is 15.4. The molecule has 0 bridgehead atoms. The third-order valence-corrected chi connectivity index (χ3v) is 4.68. The number of aromatic nitrogens is 1. The summed E-state index contributed by atoms with van der Waals surface area (Å²) in [5, 5.41) is 3.77. The molecular weight excluding hydrogens is 360 g/mol. The second-order valence-electron chi connectivity index (χ2n) is 6.54. The number of methoxy groups -OCH3 is 1. The van der Waals surface area contributed by atoms with Crippen LogP contribution in [0, 0.1) is 0 Å². The molecule has 0 saturated heterocycles. The minimum absolute atomic E-state index is 0.119. The van der Waals surface area contributed by atoms with E-state index in [1.54, 1.807) is 13.2 Å². The van der Waals surface area contributed by atoms with E-state index in [4.69, 9.17) is 14.2 Å². The molecule has 1 aliphatic heterocycles. The average molecular weight is 380 g/mol. The van der Waals surface area contributed by atoms with Crippen LogP contribution in [0.1, 0.15) is 17.5 Å². The summed E-state index contributed by atoms with van der Waals surface area (Å²) in [6, 6.07) is 12.9. The highest BCUT2D eigenvalue weighted by molar-refractivity contribution is 5.81. The van der Waals surface area contributed by atoms with Gasteiger partial charge in [-0.25, -0.2) is 0 Å². The first kappa shape index (κ1) is 17.9. The number of carbonyl (C=O) groups is 1. The Morgan fingerprint density at radius 2 is 2.00 bits per heavy atom. The van der Waals surface area contributed by atoms with Gasteiger partial charge in [0.15, 0.2) is 11.5 Å². The number of ether oxygens (including phenoxy) is 3. The quantitative estimate of drug-likeness (QED) is 0.686. The summed E-state index contributed by atoms with van der Waals surface area (Å²) in [5.74, 6) is 1.96. The highest BCUT2D eigenvalue weighted by Crippen LogP contribution is 2.32. The topological polar surface area (TPSA) is 89.7 Å². The van der Waals surface area contributed by atoms with Crippen molar-refractivity contribution < 1.29 is 19.0 Å². The average Bonchev–Trinajstić information content (AvgIpc) is 3.18. The van der Waals surface area contributed by atoms with E-state index in [-0.39, 0.29) is 24.7 Å². The Morgan fingerprint density at radius 3 is 2.86 bits per heavy atom. The summed E-state index contributed by atoms with van der Waals surface area (Å²) in [4.78, 5) is 27.3. The molecule has 7 heteroatoms. The Morgan fingerprint density at radius 1 is 1.14 bits per heavy atom. The maximum atomic E-state index is 12.3. The summed E-state index contributed by atoms with van der Waals surface area (Å²) >= 11 is 0. The number of amides is 1. The molecule has 0 radical (unpaired) electrons. The Labute approximate surface area is 161 Å². The number of pyridine rings is 1. The van der Waals surface area contributed by atoms with Crippen molar-refractivity contribution in [2.24, 2.45) is 0 Å². The highest BCUT2D eigenvalue weighted by atomic mass is 16.7. The van der Waals surface area contributed by atoms with Gasteiger partial charge in [-0.05, 0) is 47.7 Å². The van der Waals surface area contributed by atoms with Crippen LogP contribution in [-0.2, 0) is 17.8 Å². The highest BCUT2D eigenvalue weighted by Gasteiger charge is 2.13. The third kappa shape index (κ3) is 3.78. The standard InChI is InChI=1S/C21H20N2O5/c1-26-16-5-3-14-9-15(21(25)23-17(14)10-16)4-7-20(24)22-11-13-2-6-18-19(8-13)28-12-27-18/h2-3,5-6,8-10H,4,7,11-12H2,1H3,(H,22,24)(H,23,25). The van der Waals surface area contributed by atoms with Crippen LogP contribution in [0.15, 0.2) is 47.3 Å². The predicted molar refractivity (Wildman–Crippen MR) is 104 cm³/mol. The molecule has 0 unspecified atom stereocenters. The fourth-order valence-corrected chi connectivity index (χ4v) is 3.13. The lowest BCUT2D eigenvalue weighted by atomic mass is 10.1. The van der Waals surface area contributed by atoms with Crippen LogP contribution in [0.25, 0.3) is 10.9 Å². The number of aryl methyl sites for hydroxylation is 1. The molecule has 2 N–H and O–H groups in total. The molecule has 2 aromatic carbocycles. The molecule has 1 aliphatic rings. The second-order valence-corrected chi connectivity index (χ2v) is 6.54. The van der Waals surface area contributed by atoms with Gasteiger partial charge in [0.05, 0.1) is 12.6 Å². The Kier molecular flexibility index (Phi) is 4.89. The molecule has 1 aromatic heterocycles.